The molecule has 106 valence electrons. The van der Waals surface area contributed by atoms with E-state index in [-0.39, 0.29) is 12.3 Å². The summed E-state index contributed by atoms with van der Waals surface area (Å²) in [7, 11) is 1.29. The summed E-state index contributed by atoms with van der Waals surface area (Å²) in [6.45, 7) is 4.30. The van der Waals surface area contributed by atoms with Crippen molar-refractivity contribution in [2.45, 2.75) is 26.9 Å². The molecule has 19 heavy (non-hydrogen) atoms. The van der Waals surface area contributed by atoms with Crippen molar-refractivity contribution in [2.75, 3.05) is 20.1 Å². The zero-order valence-corrected chi connectivity index (χ0v) is 11.6. The smallest absolute Gasteiger partial charge is 0.293 e. The lowest BCUT2D eigenvalue weighted by Gasteiger charge is -2.18. The summed E-state index contributed by atoms with van der Waals surface area (Å²) in [4.78, 5) is 13.0. The van der Waals surface area contributed by atoms with Crippen molar-refractivity contribution in [3.05, 3.63) is 34.4 Å². The van der Waals surface area contributed by atoms with E-state index < -0.39 is 12.7 Å². The van der Waals surface area contributed by atoms with Gasteiger partial charge in [0.2, 0.25) is 0 Å². The number of rotatable bonds is 4. The number of nitrogens with zero attached hydrogens (tertiary/aromatic N) is 1. The van der Waals surface area contributed by atoms with Crippen LogP contribution in [0.4, 0.5) is 13.2 Å². The number of likely N-dealkylation sites (N-methyl/N-ethyl adjacent to an activating group) is 1. The van der Waals surface area contributed by atoms with Crippen molar-refractivity contribution >= 4 is 5.78 Å². The van der Waals surface area contributed by atoms with Crippen LogP contribution >= 0.6 is 0 Å². The Morgan fingerprint density at radius 1 is 1.11 bits per heavy atom. The molecule has 0 N–H and O–H groups in total. The van der Waals surface area contributed by atoms with Gasteiger partial charge in [0.1, 0.15) is 0 Å². The zero-order chi connectivity index (χ0) is 14.8. The van der Waals surface area contributed by atoms with E-state index in [4.69, 9.17) is 0 Å². The lowest BCUT2D eigenvalue weighted by Crippen LogP contribution is -2.35. The SMILES string of the molecule is Cc1cc(C)c(C(=O)CN(C)CC(F)(F)F)cc1C. The molecule has 0 aliphatic heterocycles. The third kappa shape index (κ3) is 4.67. The van der Waals surface area contributed by atoms with Crippen LogP contribution in [0.25, 0.3) is 0 Å². The molecule has 0 spiro atoms. The van der Waals surface area contributed by atoms with E-state index in [0.717, 1.165) is 21.6 Å². The molecule has 1 aromatic carbocycles. The zero-order valence-electron chi connectivity index (χ0n) is 11.6. The molecule has 0 saturated carbocycles. The van der Waals surface area contributed by atoms with E-state index in [1.807, 2.05) is 19.9 Å². The van der Waals surface area contributed by atoms with Crippen molar-refractivity contribution in [3.63, 3.8) is 0 Å². The molecule has 0 aromatic heterocycles. The molecule has 0 unspecified atom stereocenters. The highest BCUT2D eigenvalue weighted by Gasteiger charge is 2.30. The summed E-state index contributed by atoms with van der Waals surface area (Å²) in [5.41, 5.74) is 3.33. The van der Waals surface area contributed by atoms with Crippen molar-refractivity contribution in [1.82, 2.24) is 4.90 Å². The van der Waals surface area contributed by atoms with Gasteiger partial charge in [-0.3, -0.25) is 9.69 Å². The van der Waals surface area contributed by atoms with Gasteiger partial charge < -0.3 is 0 Å². The highest BCUT2D eigenvalue weighted by Crippen LogP contribution is 2.18. The fourth-order valence-corrected chi connectivity index (χ4v) is 1.95. The van der Waals surface area contributed by atoms with Gasteiger partial charge in [-0.25, -0.2) is 0 Å². The Kier molecular flexibility index (Phi) is 4.74. The van der Waals surface area contributed by atoms with E-state index in [1.165, 1.54) is 7.05 Å². The highest BCUT2D eigenvalue weighted by atomic mass is 19.4. The minimum atomic E-state index is -4.28. The summed E-state index contributed by atoms with van der Waals surface area (Å²) in [5.74, 6) is -0.285. The van der Waals surface area contributed by atoms with Gasteiger partial charge in [-0.05, 0) is 50.6 Å². The van der Waals surface area contributed by atoms with E-state index in [2.05, 4.69) is 0 Å². The minimum absolute atomic E-state index is 0.233. The van der Waals surface area contributed by atoms with E-state index in [1.54, 1.807) is 13.0 Å². The van der Waals surface area contributed by atoms with Gasteiger partial charge >= 0.3 is 6.18 Å². The fourth-order valence-electron chi connectivity index (χ4n) is 1.95. The average molecular weight is 273 g/mol. The molecule has 5 heteroatoms. The third-order valence-corrected chi connectivity index (χ3v) is 3.00. The predicted molar refractivity (Wildman–Crippen MR) is 68.5 cm³/mol. The number of carbonyl (C=O) groups excluding carboxylic acids is 1. The molecule has 0 aliphatic rings. The quantitative estimate of drug-likeness (QED) is 0.785. The first-order valence-corrected chi connectivity index (χ1v) is 5.96. The third-order valence-electron chi connectivity index (χ3n) is 3.00. The maximum absolute atomic E-state index is 12.2. The fraction of sp³-hybridized carbons (Fsp3) is 0.500. The van der Waals surface area contributed by atoms with Crippen LogP contribution < -0.4 is 0 Å². The Bertz CT molecular complexity index is 480. The number of Topliss-reactive ketones (excluding diaryl/α,β-unsaturated/α-hetero) is 1. The van der Waals surface area contributed by atoms with Crippen LogP contribution in [0.5, 0.6) is 0 Å². The van der Waals surface area contributed by atoms with Gasteiger partial charge in [0.05, 0.1) is 13.1 Å². The molecule has 0 saturated heterocycles. The van der Waals surface area contributed by atoms with Crippen LogP contribution in [0.1, 0.15) is 27.0 Å². The first kappa shape index (κ1) is 15.7. The lowest BCUT2D eigenvalue weighted by atomic mass is 9.98. The van der Waals surface area contributed by atoms with Crippen molar-refractivity contribution in [3.8, 4) is 0 Å². The lowest BCUT2D eigenvalue weighted by molar-refractivity contribution is -0.141. The molecular weight excluding hydrogens is 255 g/mol. The second-order valence-corrected chi connectivity index (χ2v) is 4.96. The van der Waals surface area contributed by atoms with Gasteiger partial charge in [0.15, 0.2) is 5.78 Å². The van der Waals surface area contributed by atoms with Crippen LogP contribution in [-0.2, 0) is 0 Å². The van der Waals surface area contributed by atoms with E-state index >= 15 is 0 Å². The normalized spacial score (nSPS) is 12.0. The standard InChI is InChI=1S/C14H18F3NO/c1-9-5-11(3)12(6-10(9)2)13(19)7-18(4)8-14(15,16)17/h5-6H,7-8H2,1-4H3. The maximum atomic E-state index is 12.2. The molecule has 0 bridgehead atoms. The number of halogens is 3. The molecule has 0 radical (unpaired) electrons. The first-order chi connectivity index (χ1) is 8.60. The number of carbonyl (C=O) groups is 1. The molecular formula is C14H18F3NO. The molecule has 0 aliphatic carbocycles. The van der Waals surface area contributed by atoms with E-state index in [0.29, 0.717) is 5.56 Å². The molecule has 0 fully saturated rings. The second-order valence-electron chi connectivity index (χ2n) is 4.96. The average Bonchev–Trinajstić information content (AvgIpc) is 2.20. The molecule has 0 amide bonds. The Labute approximate surface area is 111 Å². The van der Waals surface area contributed by atoms with Crippen LogP contribution in [-0.4, -0.2) is 37.0 Å². The van der Waals surface area contributed by atoms with Crippen molar-refractivity contribution in [1.29, 1.82) is 0 Å². The van der Waals surface area contributed by atoms with Crippen LogP contribution in [0.15, 0.2) is 12.1 Å². The first-order valence-electron chi connectivity index (χ1n) is 5.96. The largest absolute Gasteiger partial charge is 0.401 e. The number of alkyl halides is 3. The number of hydrogen-bond donors (Lipinski definition) is 0. The van der Waals surface area contributed by atoms with Crippen molar-refractivity contribution < 1.29 is 18.0 Å². The van der Waals surface area contributed by atoms with Crippen LogP contribution in [0.2, 0.25) is 0 Å². The summed E-state index contributed by atoms with van der Waals surface area (Å²) >= 11 is 0. The Hall–Kier alpha value is -1.36. The Morgan fingerprint density at radius 2 is 1.63 bits per heavy atom. The Morgan fingerprint density at radius 3 is 2.16 bits per heavy atom. The van der Waals surface area contributed by atoms with Gasteiger partial charge in [0, 0.05) is 5.56 Å². The number of benzene rings is 1. The van der Waals surface area contributed by atoms with Gasteiger partial charge in [-0.15, -0.1) is 0 Å². The summed E-state index contributed by atoms with van der Waals surface area (Å²) in [6.07, 6.45) is -4.28. The highest BCUT2D eigenvalue weighted by molar-refractivity contribution is 5.99. The summed E-state index contributed by atoms with van der Waals surface area (Å²) in [6, 6.07) is 3.63. The van der Waals surface area contributed by atoms with E-state index in [9.17, 15) is 18.0 Å². The molecule has 2 nitrogen and oxygen atoms in total. The topological polar surface area (TPSA) is 20.3 Å². The van der Waals surface area contributed by atoms with Gasteiger partial charge in [-0.2, -0.15) is 13.2 Å². The summed E-state index contributed by atoms with van der Waals surface area (Å²) in [5, 5.41) is 0. The van der Waals surface area contributed by atoms with Gasteiger partial charge in [0.25, 0.3) is 0 Å². The minimum Gasteiger partial charge on any atom is -0.293 e. The van der Waals surface area contributed by atoms with Crippen LogP contribution in [0, 0.1) is 20.8 Å². The molecule has 0 atom stereocenters. The number of hydrogen-bond acceptors (Lipinski definition) is 2. The number of ketones is 1. The monoisotopic (exact) mass is 273 g/mol. The summed E-state index contributed by atoms with van der Waals surface area (Å²) < 4.78 is 36.6. The Balaban J connectivity index is 2.82. The number of aryl methyl sites for hydroxylation is 3. The molecule has 1 rings (SSSR count). The molecule has 1 aromatic rings. The maximum Gasteiger partial charge on any atom is 0.401 e. The van der Waals surface area contributed by atoms with Crippen LogP contribution in [0.3, 0.4) is 0 Å². The predicted octanol–water partition coefficient (Wildman–Crippen LogP) is 3.29. The molecule has 0 heterocycles. The van der Waals surface area contributed by atoms with Gasteiger partial charge in [-0.1, -0.05) is 6.07 Å². The van der Waals surface area contributed by atoms with Crippen molar-refractivity contribution in [2.24, 2.45) is 0 Å². The second kappa shape index (κ2) is 5.74.